The van der Waals surface area contributed by atoms with Gasteiger partial charge in [-0.3, -0.25) is 4.98 Å². The fraction of sp³-hybridized carbons (Fsp3) is 0.368. The lowest BCUT2D eigenvalue weighted by Gasteiger charge is -2.30. The van der Waals surface area contributed by atoms with Crippen LogP contribution in [0.25, 0.3) is 21.9 Å². The summed E-state index contributed by atoms with van der Waals surface area (Å²) in [6.07, 6.45) is 7.21. The summed E-state index contributed by atoms with van der Waals surface area (Å²) in [5.74, 6) is 0.948. The lowest BCUT2D eigenvalue weighted by atomic mass is 10.0. The number of fused-ring (bicyclic) bond motifs is 3. The molecule has 0 unspecified atom stereocenters. The molecule has 1 saturated heterocycles. The summed E-state index contributed by atoms with van der Waals surface area (Å²) in [5.41, 5.74) is 2.87. The van der Waals surface area contributed by atoms with Gasteiger partial charge < -0.3 is 9.30 Å². The van der Waals surface area contributed by atoms with Crippen molar-refractivity contribution in [2.75, 3.05) is 6.61 Å². The number of benzene rings is 1. The van der Waals surface area contributed by atoms with E-state index < -0.39 is 0 Å². The molecule has 0 bridgehead atoms. The first-order valence-corrected chi connectivity index (χ1v) is 9.46. The van der Waals surface area contributed by atoms with Gasteiger partial charge in [0.05, 0.1) is 23.3 Å². The van der Waals surface area contributed by atoms with Crippen molar-refractivity contribution in [3.05, 3.63) is 47.9 Å². The van der Waals surface area contributed by atoms with Crippen LogP contribution >= 0.6 is 11.6 Å². The average molecular weight is 383 g/mol. The summed E-state index contributed by atoms with van der Waals surface area (Å²) >= 11 is 6.30. The number of pyridine rings is 1. The van der Waals surface area contributed by atoms with Crippen molar-refractivity contribution in [3.63, 3.8) is 0 Å². The van der Waals surface area contributed by atoms with Crippen LogP contribution in [0.4, 0.5) is 0 Å². The first kappa shape index (κ1) is 16.6. The first-order chi connectivity index (χ1) is 13.2. The molecular formula is C19H19ClN6O. The van der Waals surface area contributed by atoms with Crippen molar-refractivity contribution >= 4 is 33.5 Å². The van der Waals surface area contributed by atoms with Gasteiger partial charge >= 0.3 is 0 Å². The number of aromatic nitrogens is 6. The Kier molecular flexibility index (Phi) is 4.06. The van der Waals surface area contributed by atoms with Crippen molar-refractivity contribution in [2.24, 2.45) is 0 Å². The minimum absolute atomic E-state index is 0.220. The van der Waals surface area contributed by atoms with Crippen molar-refractivity contribution < 1.29 is 4.74 Å². The van der Waals surface area contributed by atoms with Crippen molar-refractivity contribution in [1.82, 2.24) is 29.3 Å². The summed E-state index contributed by atoms with van der Waals surface area (Å²) in [6, 6.07) is 6.11. The Balaban J connectivity index is 1.76. The summed E-state index contributed by atoms with van der Waals surface area (Å²) < 4.78 is 9.91. The molecule has 7 nitrogen and oxygen atoms in total. The molecule has 8 heteroatoms. The van der Waals surface area contributed by atoms with E-state index in [0.717, 1.165) is 47.2 Å². The quantitative estimate of drug-likeness (QED) is 0.541. The van der Waals surface area contributed by atoms with E-state index >= 15 is 0 Å². The van der Waals surface area contributed by atoms with Crippen LogP contribution in [0.3, 0.4) is 0 Å². The van der Waals surface area contributed by atoms with Crippen LogP contribution in [0.1, 0.15) is 31.6 Å². The molecule has 3 aromatic heterocycles. The molecule has 1 aromatic carbocycles. The number of hydrogen-bond donors (Lipinski definition) is 0. The number of hydrogen-bond acceptors (Lipinski definition) is 5. The third-order valence-electron chi connectivity index (χ3n) is 5.14. The van der Waals surface area contributed by atoms with E-state index in [1.54, 1.807) is 17.3 Å². The maximum absolute atomic E-state index is 6.30. The molecule has 27 heavy (non-hydrogen) atoms. The van der Waals surface area contributed by atoms with Crippen molar-refractivity contribution in [1.29, 1.82) is 0 Å². The number of imidazole rings is 1. The highest BCUT2D eigenvalue weighted by atomic mass is 35.5. The largest absolute Gasteiger partial charge is 0.378 e. The molecule has 0 amide bonds. The van der Waals surface area contributed by atoms with Gasteiger partial charge in [0.2, 0.25) is 0 Å². The van der Waals surface area contributed by atoms with Crippen LogP contribution in [0.2, 0.25) is 5.02 Å². The van der Waals surface area contributed by atoms with E-state index in [9.17, 15) is 0 Å². The Bertz CT molecular complexity index is 1110. The van der Waals surface area contributed by atoms with Gasteiger partial charge in [0, 0.05) is 23.1 Å². The van der Waals surface area contributed by atoms with Crippen LogP contribution in [0.15, 0.2) is 37.1 Å². The molecular weight excluding hydrogens is 364 g/mol. The summed E-state index contributed by atoms with van der Waals surface area (Å²) in [5, 5.41) is 5.97. The standard InChI is InChI=1S/C19H19ClN6O/c1-12-6-14(4-5-27-12)26-18(9-25-11-21-10-23-25)24-17-8-22-16-3-2-13(20)7-15(16)19(17)26/h2-3,7-8,10-12,14H,4-6,9H2,1H3/t12-,14-/m1/s1. The van der Waals surface area contributed by atoms with Crippen molar-refractivity contribution in [2.45, 2.75) is 38.5 Å². The monoisotopic (exact) mass is 382 g/mol. The van der Waals surface area contributed by atoms with Crippen molar-refractivity contribution in [3.8, 4) is 0 Å². The van der Waals surface area contributed by atoms with Gasteiger partial charge in [-0.25, -0.2) is 14.6 Å². The second kappa shape index (κ2) is 6.58. The van der Waals surface area contributed by atoms with Crippen LogP contribution < -0.4 is 0 Å². The Labute approximate surface area is 161 Å². The summed E-state index contributed by atoms with van der Waals surface area (Å²) in [4.78, 5) is 13.5. The molecule has 4 aromatic rings. The second-order valence-electron chi connectivity index (χ2n) is 7.00. The van der Waals surface area contributed by atoms with E-state index in [2.05, 4.69) is 26.6 Å². The molecule has 0 N–H and O–H groups in total. The molecule has 4 heterocycles. The average Bonchev–Trinajstić information content (AvgIpc) is 3.29. The number of rotatable bonds is 3. The molecule has 138 valence electrons. The zero-order valence-electron chi connectivity index (χ0n) is 14.9. The zero-order valence-corrected chi connectivity index (χ0v) is 15.7. The van der Waals surface area contributed by atoms with Gasteiger partial charge in [-0.05, 0) is 38.0 Å². The number of ether oxygens (including phenoxy) is 1. The van der Waals surface area contributed by atoms with Crippen LogP contribution in [0, 0.1) is 0 Å². The predicted molar refractivity (Wildman–Crippen MR) is 103 cm³/mol. The van der Waals surface area contributed by atoms with Gasteiger partial charge in [0.25, 0.3) is 0 Å². The molecule has 1 fully saturated rings. The topological polar surface area (TPSA) is 70.7 Å². The number of nitrogens with zero attached hydrogens (tertiary/aromatic N) is 6. The Morgan fingerprint density at radius 1 is 1.30 bits per heavy atom. The molecule has 0 saturated carbocycles. The maximum atomic E-state index is 6.30. The smallest absolute Gasteiger partial charge is 0.137 e. The lowest BCUT2D eigenvalue weighted by Crippen LogP contribution is -2.27. The Hall–Kier alpha value is -2.51. The van der Waals surface area contributed by atoms with Gasteiger partial charge in [-0.15, -0.1) is 0 Å². The maximum Gasteiger partial charge on any atom is 0.137 e. The van der Waals surface area contributed by atoms with Crippen LogP contribution in [-0.4, -0.2) is 42.0 Å². The van der Waals surface area contributed by atoms with Crippen LogP contribution in [0.5, 0.6) is 0 Å². The molecule has 0 radical (unpaired) electrons. The second-order valence-corrected chi connectivity index (χ2v) is 7.44. The number of halogens is 1. The normalized spacial score (nSPS) is 20.5. The molecule has 0 spiro atoms. The van der Waals surface area contributed by atoms with Gasteiger partial charge in [0.1, 0.15) is 30.5 Å². The van der Waals surface area contributed by atoms with E-state index in [1.807, 2.05) is 24.4 Å². The molecule has 2 atom stereocenters. The van der Waals surface area contributed by atoms with Crippen LogP contribution in [-0.2, 0) is 11.3 Å². The fourth-order valence-corrected chi connectivity index (χ4v) is 4.14. The molecule has 1 aliphatic rings. The van der Waals surface area contributed by atoms with Gasteiger partial charge in [0.15, 0.2) is 0 Å². The zero-order chi connectivity index (χ0) is 18.4. The molecule has 0 aliphatic carbocycles. The minimum Gasteiger partial charge on any atom is -0.378 e. The van der Waals surface area contributed by atoms with E-state index in [0.29, 0.717) is 17.6 Å². The molecule has 5 rings (SSSR count). The SMILES string of the molecule is C[C@@H]1C[C@H](n2c(Cn3cncn3)nc3cnc4ccc(Cl)cc4c32)CCO1. The highest BCUT2D eigenvalue weighted by molar-refractivity contribution is 6.31. The lowest BCUT2D eigenvalue weighted by molar-refractivity contribution is 0.00619. The van der Waals surface area contributed by atoms with E-state index in [1.165, 1.54) is 0 Å². The Morgan fingerprint density at radius 3 is 3.04 bits per heavy atom. The highest BCUT2D eigenvalue weighted by Crippen LogP contribution is 2.34. The third kappa shape index (κ3) is 2.96. The fourth-order valence-electron chi connectivity index (χ4n) is 3.97. The van der Waals surface area contributed by atoms with E-state index in [4.69, 9.17) is 21.3 Å². The highest BCUT2D eigenvalue weighted by Gasteiger charge is 2.26. The molecule has 1 aliphatic heterocycles. The summed E-state index contributed by atoms with van der Waals surface area (Å²) in [7, 11) is 0. The van der Waals surface area contributed by atoms with E-state index in [-0.39, 0.29) is 6.10 Å². The Morgan fingerprint density at radius 2 is 2.22 bits per heavy atom. The third-order valence-corrected chi connectivity index (χ3v) is 5.38. The minimum atomic E-state index is 0.220. The summed E-state index contributed by atoms with van der Waals surface area (Å²) in [6.45, 7) is 3.43. The predicted octanol–water partition coefficient (Wildman–Crippen LogP) is 3.62. The first-order valence-electron chi connectivity index (χ1n) is 9.08. The van der Waals surface area contributed by atoms with Gasteiger partial charge in [-0.2, -0.15) is 5.10 Å². The van der Waals surface area contributed by atoms with Gasteiger partial charge in [-0.1, -0.05) is 11.6 Å².